The molecule has 1 aliphatic rings. The van der Waals surface area contributed by atoms with Crippen LogP contribution in [0.25, 0.3) is 11.5 Å². The van der Waals surface area contributed by atoms with Crippen LogP contribution in [0.1, 0.15) is 30.7 Å². The van der Waals surface area contributed by atoms with E-state index in [-0.39, 0.29) is 24.7 Å². The lowest BCUT2D eigenvalue weighted by atomic mass is 9.93. The number of carboxylic acids is 1. The van der Waals surface area contributed by atoms with Crippen molar-refractivity contribution >= 4 is 11.9 Å². The van der Waals surface area contributed by atoms with E-state index in [1.54, 1.807) is 4.90 Å². The number of aryl methyl sites for hydroxylation is 1. The van der Waals surface area contributed by atoms with E-state index < -0.39 is 5.97 Å². The van der Waals surface area contributed by atoms with Crippen LogP contribution in [0.3, 0.4) is 0 Å². The number of amides is 1. The normalized spacial score (nSPS) is 15.3. The van der Waals surface area contributed by atoms with Crippen LogP contribution in [0.5, 0.6) is 0 Å². The molecular formula is C19H22N2O4. The van der Waals surface area contributed by atoms with Gasteiger partial charge in [-0.05, 0) is 37.8 Å². The van der Waals surface area contributed by atoms with E-state index in [0.29, 0.717) is 30.4 Å². The summed E-state index contributed by atoms with van der Waals surface area (Å²) < 4.78 is 5.70. The van der Waals surface area contributed by atoms with Gasteiger partial charge in [0.2, 0.25) is 11.8 Å². The van der Waals surface area contributed by atoms with Gasteiger partial charge in [-0.25, -0.2) is 4.98 Å². The van der Waals surface area contributed by atoms with E-state index in [9.17, 15) is 9.59 Å². The molecule has 132 valence electrons. The predicted molar refractivity (Wildman–Crippen MR) is 91.9 cm³/mol. The second-order valence-electron chi connectivity index (χ2n) is 6.49. The fraction of sp³-hybridized carbons (Fsp3) is 0.421. The van der Waals surface area contributed by atoms with E-state index in [1.165, 1.54) is 0 Å². The first kappa shape index (κ1) is 17.2. The van der Waals surface area contributed by atoms with Crippen LogP contribution < -0.4 is 0 Å². The van der Waals surface area contributed by atoms with Crippen molar-refractivity contribution in [2.45, 2.75) is 32.6 Å². The Kier molecular flexibility index (Phi) is 5.16. The van der Waals surface area contributed by atoms with Crippen molar-refractivity contribution in [1.29, 1.82) is 0 Å². The first-order valence-electron chi connectivity index (χ1n) is 8.54. The number of aromatic nitrogens is 1. The lowest BCUT2D eigenvalue weighted by Crippen LogP contribution is -2.39. The predicted octanol–water partition coefficient (Wildman–Crippen LogP) is 2.91. The van der Waals surface area contributed by atoms with Gasteiger partial charge in [0.1, 0.15) is 5.76 Å². The second kappa shape index (κ2) is 7.51. The number of rotatable bonds is 5. The molecular weight excluding hydrogens is 320 g/mol. The Morgan fingerprint density at radius 2 is 1.92 bits per heavy atom. The lowest BCUT2D eigenvalue weighted by Gasteiger charge is -2.31. The van der Waals surface area contributed by atoms with Gasteiger partial charge in [0.15, 0.2) is 0 Å². The zero-order chi connectivity index (χ0) is 17.8. The number of carbonyl (C=O) groups excluding carboxylic acids is 1. The summed E-state index contributed by atoms with van der Waals surface area (Å²) in [6.07, 6.45) is 1.88. The minimum absolute atomic E-state index is 0.0183. The standard InChI is InChI=1S/C19H22N2O4/c1-13-16(20-19(25-13)15-5-3-2-4-6-15)12-17(22)21-9-7-14(8-10-21)11-18(23)24/h2-6,14H,7-12H2,1H3,(H,23,24). The van der Waals surface area contributed by atoms with Crippen molar-refractivity contribution in [3.8, 4) is 11.5 Å². The van der Waals surface area contributed by atoms with Crippen LogP contribution >= 0.6 is 0 Å². The molecule has 1 fully saturated rings. The maximum Gasteiger partial charge on any atom is 0.303 e. The molecule has 0 atom stereocenters. The van der Waals surface area contributed by atoms with Crippen molar-refractivity contribution in [1.82, 2.24) is 9.88 Å². The van der Waals surface area contributed by atoms with Crippen LogP contribution in [-0.4, -0.2) is 40.0 Å². The third-order valence-corrected chi connectivity index (χ3v) is 4.66. The van der Waals surface area contributed by atoms with Gasteiger partial charge in [-0.3, -0.25) is 9.59 Å². The fourth-order valence-electron chi connectivity index (χ4n) is 3.18. The van der Waals surface area contributed by atoms with Crippen molar-refractivity contribution < 1.29 is 19.1 Å². The van der Waals surface area contributed by atoms with Crippen molar-refractivity contribution in [2.75, 3.05) is 13.1 Å². The minimum Gasteiger partial charge on any atom is -0.481 e. The molecule has 0 radical (unpaired) electrons. The van der Waals surface area contributed by atoms with Gasteiger partial charge in [0.25, 0.3) is 0 Å². The molecule has 1 aromatic heterocycles. The Labute approximate surface area is 146 Å². The summed E-state index contributed by atoms with van der Waals surface area (Å²) in [6.45, 7) is 3.04. The Morgan fingerprint density at radius 1 is 1.24 bits per heavy atom. The molecule has 6 heteroatoms. The molecule has 0 unspecified atom stereocenters. The molecule has 3 rings (SSSR count). The first-order chi connectivity index (χ1) is 12.0. The minimum atomic E-state index is -0.767. The quantitative estimate of drug-likeness (QED) is 0.903. The maximum atomic E-state index is 12.5. The summed E-state index contributed by atoms with van der Waals surface area (Å²) in [4.78, 5) is 29.6. The lowest BCUT2D eigenvalue weighted by molar-refractivity contribution is -0.138. The van der Waals surface area contributed by atoms with E-state index in [4.69, 9.17) is 9.52 Å². The second-order valence-corrected chi connectivity index (χ2v) is 6.49. The zero-order valence-electron chi connectivity index (χ0n) is 14.3. The van der Waals surface area contributed by atoms with Crippen LogP contribution in [0.4, 0.5) is 0 Å². The monoisotopic (exact) mass is 342 g/mol. The number of carbonyl (C=O) groups is 2. The topological polar surface area (TPSA) is 83.6 Å². The first-order valence-corrected chi connectivity index (χ1v) is 8.54. The number of oxazole rings is 1. The highest BCUT2D eigenvalue weighted by molar-refractivity contribution is 5.79. The summed E-state index contributed by atoms with van der Waals surface area (Å²) in [6, 6.07) is 9.61. The number of aliphatic carboxylic acids is 1. The molecule has 1 N–H and O–H groups in total. The molecule has 1 aromatic carbocycles. The van der Waals surface area contributed by atoms with Crippen molar-refractivity contribution in [3.05, 3.63) is 41.8 Å². The van der Waals surface area contributed by atoms with Crippen LogP contribution in [0, 0.1) is 12.8 Å². The highest BCUT2D eigenvalue weighted by Crippen LogP contribution is 2.24. The van der Waals surface area contributed by atoms with Gasteiger partial charge in [0, 0.05) is 25.1 Å². The molecule has 0 saturated carbocycles. The summed E-state index contributed by atoms with van der Waals surface area (Å²) in [7, 11) is 0. The number of likely N-dealkylation sites (tertiary alicyclic amines) is 1. The third kappa shape index (κ3) is 4.26. The molecule has 1 aliphatic heterocycles. The third-order valence-electron chi connectivity index (χ3n) is 4.66. The average molecular weight is 342 g/mol. The number of carboxylic acid groups (broad SMARTS) is 1. The summed E-state index contributed by atoms with van der Waals surface area (Å²) in [5, 5.41) is 8.86. The highest BCUT2D eigenvalue weighted by atomic mass is 16.4. The van der Waals surface area contributed by atoms with E-state index in [2.05, 4.69) is 4.98 Å². The molecule has 6 nitrogen and oxygen atoms in total. The van der Waals surface area contributed by atoms with Gasteiger partial charge in [-0.1, -0.05) is 18.2 Å². The van der Waals surface area contributed by atoms with Crippen molar-refractivity contribution in [3.63, 3.8) is 0 Å². The summed E-state index contributed by atoms with van der Waals surface area (Å²) >= 11 is 0. The largest absolute Gasteiger partial charge is 0.481 e. The fourth-order valence-corrected chi connectivity index (χ4v) is 3.18. The Hall–Kier alpha value is -2.63. The molecule has 25 heavy (non-hydrogen) atoms. The maximum absolute atomic E-state index is 12.5. The number of hydrogen-bond acceptors (Lipinski definition) is 4. The van der Waals surface area contributed by atoms with Crippen LogP contribution in [0.2, 0.25) is 0 Å². The molecule has 0 aliphatic carbocycles. The van der Waals surface area contributed by atoms with E-state index in [0.717, 1.165) is 18.4 Å². The van der Waals surface area contributed by atoms with Gasteiger partial charge in [-0.2, -0.15) is 0 Å². The van der Waals surface area contributed by atoms with Gasteiger partial charge in [0.05, 0.1) is 12.1 Å². The van der Waals surface area contributed by atoms with Gasteiger partial charge in [-0.15, -0.1) is 0 Å². The number of hydrogen-bond donors (Lipinski definition) is 1. The Balaban J connectivity index is 1.60. The van der Waals surface area contributed by atoms with E-state index in [1.807, 2.05) is 37.3 Å². The molecule has 2 heterocycles. The highest BCUT2D eigenvalue weighted by Gasteiger charge is 2.25. The molecule has 0 spiro atoms. The SMILES string of the molecule is Cc1oc(-c2ccccc2)nc1CC(=O)N1CCC(CC(=O)O)CC1. The molecule has 1 amide bonds. The zero-order valence-corrected chi connectivity index (χ0v) is 14.3. The van der Waals surface area contributed by atoms with Crippen LogP contribution in [-0.2, 0) is 16.0 Å². The average Bonchev–Trinajstić information content (AvgIpc) is 2.96. The molecule has 2 aromatic rings. The smallest absolute Gasteiger partial charge is 0.303 e. The summed E-state index contributed by atoms with van der Waals surface area (Å²) in [5.41, 5.74) is 1.55. The number of nitrogens with zero attached hydrogens (tertiary/aromatic N) is 2. The molecule has 1 saturated heterocycles. The number of piperidine rings is 1. The van der Waals surface area contributed by atoms with Crippen LogP contribution in [0.15, 0.2) is 34.7 Å². The van der Waals surface area contributed by atoms with Crippen molar-refractivity contribution in [2.24, 2.45) is 5.92 Å². The summed E-state index contributed by atoms with van der Waals surface area (Å²) in [5.74, 6) is 0.607. The van der Waals surface area contributed by atoms with Gasteiger partial charge < -0.3 is 14.4 Å². The van der Waals surface area contributed by atoms with E-state index >= 15 is 0 Å². The Morgan fingerprint density at radius 3 is 2.56 bits per heavy atom. The number of benzene rings is 1. The Bertz CT molecular complexity index is 746. The van der Waals surface area contributed by atoms with Gasteiger partial charge >= 0.3 is 5.97 Å². The molecule has 0 bridgehead atoms.